The molecule has 4 nitrogen and oxygen atoms in total. The average Bonchev–Trinajstić information content (AvgIpc) is 3.24. The second kappa shape index (κ2) is 15.1. The molecule has 5 atom stereocenters. The predicted molar refractivity (Wildman–Crippen MR) is 137 cm³/mol. The van der Waals surface area contributed by atoms with E-state index in [-0.39, 0.29) is 31.0 Å². The lowest BCUT2D eigenvalue weighted by molar-refractivity contribution is -0.0864. The standard InChI is InChI=1S/C30H42O4/c1-3-4-5-6-7-8-11-16-24(2)28-30(33-23-26-19-14-10-15-20-26)29(27(21-31)34-28)32-22-25-17-12-9-13-18-25/h3,9-10,12-15,17-20,24,27-31H,1,4-8,11,16,21-23H2,2H3/t24?,27-,28?,29-,30-/m1/s1. The average molecular weight is 467 g/mol. The first-order valence-electron chi connectivity index (χ1n) is 12.9. The summed E-state index contributed by atoms with van der Waals surface area (Å²) in [4.78, 5) is 0. The lowest BCUT2D eigenvalue weighted by Crippen LogP contribution is -2.40. The summed E-state index contributed by atoms with van der Waals surface area (Å²) in [5.41, 5.74) is 2.23. The second-order valence-electron chi connectivity index (χ2n) is 9.46. The van der Waals surface area contributed by atoms with Crippen LogP contribution in [0.2, 0.25) is 0 Å². The molecule has 0 radical (unpaired) electrons. The minimum atomic E-state index is -0.379. The first-order valence-corrected chi connectivity index (χ1v) is 12.9. The van der Waals surface area contributed by atoms with Crippen molar-refractivity contribution in [1.29, 1.82) is 0 Å². The molecule has 0 saturated carbocycles. The van der Waals surface area contributed by atoms with Gasteiger partial charge < -0.3 is 19.3 Å². The maximum atomic E-state index is 10.1. The van der Waals surface area contributed by atoms with E-state index in [4.69, 9.17) is 14.2 Å². The van der Waals surface area contributed by atoms with Crippen LogP contribution < -0.4 is 0 Å². The van der Waals surface area contributed by atoms with Gasteiger partial charge in [-0.2, -0.15) is 0 Å². The third-order valence-corrected chi connectivity index (χ3v) is 6.73. The monoisotopic (exact) mass is 466 g/mol. The third kappa shape index (κ3) is 8.35. The zero-order valence-electron chi connectivity index (χ0n) is 20.7. The van der Waals surface area contributed by atoms with Crippen molar-refractivity contribution in [3.63, 3.8) is 0 Å². The Morgan fingerprint density at radius 3 is 2.00 bits per heavy atom. The largest absolute Gasteiger partial charge is 0.394 e. The maximum absolute atomic E-state index is 10.1. The van der Waals surface area contributed by atoms with Crippen LogP contribution in [-0.4, -0.2) is 36.1 Å². The van der Waals surface area contributed by atoms with E-state index in [1.54, 1.807) is 0 Å². The van der Waals surface area contributed by atoms with Crippen LogP contribution in [-0.2, 0) is 27.4 Å². The van der Waals surface area contributed by atoms with Crippen molar-refractivity contribution < 1.29 is 19.3 Å². The number of aliphatic hydroxyl groups is 1. The Morgan fingerprint density at radius 2 is 1.41 bits per heavy atom. The van der Waals surface area contributed by atoms with Gasteiger partial charge in [-0.3, -0.25) is 0 Å². The van der Waals surface area contributed by atoms with Crippen LogP contribution in [0.4, 0.5) is 0 Å². The van der Waals surface area contributed by atoms with Crippen molar-refractivity contribution >= 4 is 0 Å². The summed E-state index contributed by atoms with van der Waals surface area (Å²) in [5.74, 6) is 0.327. The summed E-state index contributed by atoms with van der Waals surface area (Å²) in [5, 5.41) is 10.1. The highest BCUT2D eigenvalue weighted by Gasteiger charge is 2.47. The SMILES string of the molecule is C=CCCCCCCCC(C)C1O[C@H](CO)[C@@H](OCc2ccccc2)[C@@H]1OCc1ccccc1. The molecule has 4 heteroatoms. The van der Waals surface area contributed by atoms with Crippen molar-refractivity contribution in [1.82, 2.24) is 0 Å². The Bertz CT molecular complexity index is 794. The smallest absolute Gasteiger partial charge is 0.115 e. The Labute approximate surface area is 205 Å². The first-order chi connectivity index (χ1) is 16.7. The van der Waals surface area contributed by atoms with Gasteiger partial charge >= 0.3 is 0 Å². The maximum Gasteiger partial charge on any atom is 0.115 e. The molecule has 3 rings (SSSR count). The van der Waals surface area contributed by atoms with Crippen molar-refractivity contribution in [3.8, 4) is 0 Å². The van der Waals surface area contributed by atoms with Gasteiger partial charge in [-0.05, 0) is 36.3 Å². The summed E-state index contributed by atoms with van der Waals surface area (Å²) in [6, 6.07) is 20.3. The number of aliphatic hydroxyl groups excluding tert-OH is 1. The van der Waals surface area contributed by atoms with Crippen molar-refractivity contribution in [2.75, 3.05) is 6.61 Å². The fourth-order valence-corrected chi connectivity index (χ4v) is 4.73. The molecule has 1 aliphatic rings. The van der Waals surface area contributed by atoms with Gasteiger partial charge in [0.25, 0.3) is 0 Å². The molecule has 0 spiro atoms. The van der Waals surface area contributed by atoms with Crippen LogP contribution in [0.1, 0.15) is 63.0 Å². The van der Waals surface area contributed by atoms with E-state index in [9.17, 15) is 5.11 Å². The van der Waals surface area contributed by atoms with E-state index in [1.165, 1.54) is 32.1 Å². The quantitative estimate of drug-likeness (QED) is 0.227. The minimum Gasteiger partial charge on any atom is -0.394 e. The molecule has 0 bridgehead atoms. The van der Waals surface area contributed by atoms with Crippen LogP contribution >= 0.6 is 0 Å². The van der Waals surface area contributed by atoms with Gasteiger partial charge in [0, 0.05) is 0 Å². The number of hydrogen-bond acceptors (Lipinski definition) is 4. The van der Waals surface area contributed by atoms with Crippen LogP contribution in [0.25, 0.3) is 0 Å². The molecular formula is C30H42O4. The molecule has 2 aromatic rings. The van der Waals surface area contributed by atoms with E-state index in [2.05, 4.69) is 37.8 Å². The van der Waals surface area contributed by atoms with E-state index >= 15 is 0 Å². The Balaban J connectivity index is 1.61. The summed E-state index contributed by atoms with van der Waals surface area (Å²) >= 11 is 0. The zero-order valence-corrected chi connectivity index (χ0v) is 20.7. The number of rotatable bonds is 16. The van der Waals surface area contributed by atoms with Crippen LogP contribution in [0.5, 0.6) is 0 Å². The highest BCUT2D eigenvalue weighted by atomic mass is 16.6. The van der Waals surface area contributed by atoms with E-state index in [0.29, 0.717) is 19.1 Å². The molecule has 2 aromatic carbocycles. The number of benzene rings is 2. The van der Waals surface area contributed by atoms with Gasteiger partial charge in [-0.25, -0.2) is 0 Å². The van der Waals surface area contributed by atoms with Gasteiger partial charge in [-0.1, -0.05) is 99.3 Å². The minimum absolute atomic E-state index is 0.0722. The molecule has 1 heterocycles. The molecule has 34 heavy (non-hydrogen) atoms. The lowest BCUT2D eigenvalue weighted by Gasteiger charge is -2.28. The van der Waals surface area contributed by atoms with Gasteiger partial charge in [0.15, 0.2) is 0 Å². The summed E-state index contributed by atoms with van der Waals surface area (Å²) < 4.78 is 19.2. The zero-order chi connectivity index (χ0) is 24.0. The summed E-state index contributed by atoms with van der Waals surface area (Å²) in [6.45, 7) is 6.95. The van der Waals surface area contributed by atoms with Gasteiger partial charge in [-0.15, -0.1) is 6.58 Å². The molecule has 1 N–H and O–H groups in total. The van der Waals surface area contributed by atoms with Crippen molar-refractivity contribution in [3.05, 3.63) is 84.4 Å². The Hall–Kier alpha value is -1.98. The number of ether oxygens (including phenoxy) is 3. The van der Waals surface area contributed by atoms with Gasteiger partial charge in [0.1, 0.15) is 18.3 Å². The Morgan fingerprint density at radius 1 is 0.853 bits per heavy atom. The highest BCUT2D eigenvalue weighted by molar-refractivity contribution is 5.14. The van der Waals surface area contributed by atoms with Crippen molar-refractivity contribution in [2.24, 2.45) is 5.92 Å². The predicted octanol–water partition coefficient (Wildman–Crippen LogP) is 6.47. The van der Waals surface area contributed by atoms with Crippen LogP contribution in [0.15, 0.2) is 73.3 Å². The molecule has 186 valence electrons. The number of allylic oxidation sites excluding steroid dienone is 1. The fraction of sp³-hybridized carbons (Fsp3) is 0.533. The molecule has 1 saturated heterocycles. The molecule has 1 fully saturated rings. The van der Waals surface area contributed by atoms with Crippen molar-refractivity contribution in [2.45, 2.75) is 89.5 Å². The summed E-state index contributed by atoms with van der Waals surface area (Å²) in [7, 11) is 0. The third-order valence-electron chi connectivity index (χ3n) is 6.73. The Kier molecular flexibility index (Phi) is 11.8. The lowest BCUT2D eigenvalue weighted by atomic mass is 9.92. The van der Waals surface area contributed by atoms with Crippen LogP contribution in [0, 0.1) is 5.92 Å². The molecule has 0 amide bonds. The van der Waals surface area contributed by atoms with E-state index in [0.717, 1.165) is 24.0 Å². The van der Waals surface area contributed by atoms with E-state index < -0.39 is 0 Å². The van der Waals surface area contributed by atoms with Gasteiger partial charge in [0.2, 0.25) is 0 Å². The number of unbranched alkanes of at least 4 members (excludes halogenated alkanes) is 5. The molecule has 0 aliphatic carbocycles. The number of hydrogen-bond donors (Lipinski definition) is 1. The summed E-state index contributed by atoms with van der Waals surface area (Å²) in [6.07, 6.45) is 9.39. The van der Waals surface area contributed by atoms with Crippen LogP contribution in [0.3, 0.4) is 0 Å². The van der Waals surface area contributed by atoms with Gasteiger partial charge in [0.05, 0.1) is 25.9 Å². The first kappa shape index (κ1) is 26.6. The van der Waals surface area contributed by atoms with E-state index in [1.807, 2.05) is 42.5 Å². The molecule has 1 aliphatic heterocycles. The highest BCUT2D eigenvalue weighted by Crippen LogP contribution is 2.34. The second-order valence-corrected chi connectivity index (χ2v) is 9.46. The molecular weight excluding hydrogens is 424 g/mol. The normalized spacial score (nSPS) is 23.1. The topological polar surface area (TPSA) is 47.9 Å². The fourth-order valence-electron chi connectivity index (χ4n) is 4.73. The molecule has 2 unspecified atom stereocenters. The molecule has 0 aromatic heterocycles.